The van der Waals surface area contributed by atoms with Crippen molar-refractivity contribution in [2.24, 2.45) is 7.05 Å². The molecule has 2 aromatic carbocycles. The van der Waals surface area contributed by atoms with Crippen LogP contribution in [0.3, 0.4) is 0 Å². The van der Waals surface area contributed by atoms with Crippen molar-refractivity contribution in [3.8, 4) is 0 Å². The van der Waals surface area contributed by atoms with Crippen molar-refractivity contribution in [2.45, 2.75) is 13.5 Å². The molecule has 0 bridgehead atoms. The first kappa shape index (κ1) is 27.5. The number of fused-ring (bicyclic) bond motifs is 2. The third kappa shape index (κ3) is 6.29. The van der Waals surface area contributed by atoms with Crippen molar-refractivity contribution in [3.63, 3.8) is 0 Å². The van der Waals surface area contributed by atoms with Crippen LogP contribution in [0.15, 0.2) is 78.3 Å². The lowest BCUT2D eigenvalue weighted by atomic mass is 10.2. The highest BCUT2D eigenvalue weighted by Crippen LogP contribution is 2.24. The highest BCUT2D eigenvalue weighted by molar-refractivity contribution is 5.89. The first-order valence-electron chi connectivity index (χ1n) is 12.7. The molecule has 2 aromatic heterocycles. The second kappa shape index (κ2) is 11.9. The van der Waals surface area contributed by atoms with Gasteiger partial charge in [0, 0.05) is 87.0 Å². The van der Waals surface area contributed by atoms with Gasteiger partial charge in [-0.25, -0.2) is 14.4 Å². The zero-order valence-corrected chi connectivity index (χ0v) is 22.2. The molecule has 204 valence electrons. The third-order valence-corrected chi connectivity index (χ3v) is 6.83. The molecule has 0 spiro atoms. The lowest BCUT2D eigenvalue weighted by Crippen LogP contribution is -2.47. The van der Waals surface area contributed by atoms with Gasteiger partial charge in [0.2, 0.25) is 0 Å². The maximum atomic E-state index is 13.0. The molecule has 1 fully saturated rings. The van der Waals surface area contributed by atoms with Crippen molar-refractivity contribution in [3.05, 3.63) is 83.9 Å². The van der Waals surface area contributed by atoms with E-state index in [1.54, 1.807) is 4.57 Å². The predicted octanol–water partition coefficient (Wildman–Crippen LogP) is 3.32. The van der Waals surface area contributed by atoms with Crippen molar-refractivity contribution >= 4 is 45.3 Å². The zero-order chi connectivity index (χ0) is 28.1. The van der Waals surface area contributed by atoms with E-state index in [1.165, 1.54) is 16.6 Å². The Labute approximate surface area is 225 Å². The number of carboxylic acids is 2. The first-order valence-corrected chi connectivity index (χ1v) is 12.7. The molecule has 0 aliphatic carbocycles. The molecule has 1 aliphatic heterocycles. The molecule has 0 radical (unpaired) electrons. The molecule has 0 saturated carbocycles. The fraction of sp³-hybridized carbons (Fsp3) is 0.276. The van der Waals surface area contributed by atoms with Crippen LogP contribution in [0.4, 0.5) is 5.69 Å². The summed E-state index contributed by atoms with van der Waals surface area (Å²) in [4.78, 5) is 37.0. The van der Waals surface area contributed by atoms with Gasteiger partial charge in [0.1, 0.15) is 0 Å². The predicted molar refractivity (Wildman–Crippen MR) is 153 cm³/mol. The number of nitrogens with zero attached hydrogens (tertiary/aromatic N) is 5. The fourth-order valence-corrected chi connectivity index (χ4v) is 4.87. The van der Waals surface area contributed by atoms with Crippen LogP contribution in [-0.2, 0) is 23.2 Å². The third-order valence-electron chi connectivity index (χ3n) is 6.83. The van der Waals surface area contributed by atoms with E-state index < -0.39 is 11.9 Å². The number of benzene rings is 2. The van der Waals surface area contributed by atoms with Crippen molar-refractivity contribution in [1.82, 2.24) is 18.6 Å². The molecule has 0 amide bonds. The number of allylic oxidation sites excluding steroid dienone is 1. The van der Waals surface area contributed by atoms with E-state index in [9.17, 15) is 14.4 Å². The maximum Gasteiger partial charge on any atom is 0.333 e. The Hall–Kier alpha value is -4.57. The summed E-state index contributed by atoms with van der Waals surface area (Å²) in [5.74, 6) is -2.51. The molecule has 2 N–H and O–H groups in total. The molecule has 1 saturated heterocycles. The van der Waals surface area contributed by atoms with Gasteiger partial charge in [0.15, 0.2) is 0 Å². The Morgan fingerprint density at radius 1 is 0.897 bits per heavy atom. The lowest BCUT2D eigenvalue weighted by Gasteiger charge is -2.36. The quantitative estimate of drug-likeness (QED) is 0.352. The molecule has 1 aliphatic rings. The second-order valence-corrected chi connectivity index (χ2v) is 9.50. The summed E-state index contributed by atoms with van der Waals surface area (Å²) in [6.45, 7) is 11.4. The topological polar surface area (TPSA) is 113 Å². The van der Waals surface area contributed by atoms with E-state index in [1.807, 2.05) is 35.8 Å². The Bertz CT molecular complexity index is 1590. The fourth-order valence-electron chi connectivity index (χ4n) is 4.87. The minimum absolute atomic E-state index is 0.00324. The Morgan fingerprint density at radius 2 is 1.54 bits per heavy atom. The van der Waals surface area contributed by atoms with E-state index in [-0.39, 0.29) is 5.69 Å². The summed E-state index contributed by atoms with van der Waals surface area (Å²) in [5, 5.41) is 16.9. The van der Waals surface area contributed by atoms with Crippen LogP contribution in [0.2, 0.25) is 0 Å². The lowest BCUT2D eigenvalue weighted by molar-refractivity contribution is -0.134. The molecule has 5 rings (SSSR count). The van der Waals surface area contributed by atoms with Gasteiger partial charge in [0.05, 0.1) is 11.0 Å². The Morgan fingerprint density at radius 3 is 2.15 bits per heavy atom. The summed E-state index contributed by atoms with van der Waals surface area (Å²) < 4.78 is 5.76. The number of aromatic nitrogens is 3. The molecule has 10 nitrogen and oxygen atoms in total. The number of rotatable bonds is 7. The number of hydrogen-bond donors (Lipinski definition) is 2. The highest BCUT2D eigenvalue weighted by atomic mass is 16.4. The van der Waals surface area contributed by atoms with Gasteiger partial charge in [0.25, 0.3) is 0 Å². The van der Waals surface area contributed by atoms with Crippen LogP contribution in [0.5, 0.6) is 0 Å². The minimum Gasteiger partial charge on any atom is -0.478 e. The average Bonchev–Trinajstić information content (AvgIpc) is 3.42. The van der Waals surface area contributed by atoms with Crippen LogP contribution in [-0.4, -0.2) is 73.5 Å². The largest absolute Gasteiger partial charge is 0.478 e. The smallest absolute Gasteiger partial charge is 0.333 e. The summed E-state index contributed by atoms with van der Waals surface area (Å²) >= 11 is 0. The molecular weight excluding hydrogens is 498 g/mol. The number of carbonyl (C=O) groups is 2. The van der Waals surface area contributed by atoms with Gasteiger partial charge >= 0.3 is 17.6 Å². The normalized spacial score (nSPS) is 14.1. The number of anilines is 1. The molecule has 0 unspecified atom stereocenters. The highest BCUT2D eigenvalue weighted by Gasteiger charge is 2.19. The minimum atomic E-state index is -1.26. The first-order chi connectivity index (χ1) is 18.7. The zero-order valence-electron chi connectivity index (χ0n) is 22.2. The average molecular weight is 532 g/mol. The SMILES string of the molecule is C=C(C)n1c(=O)n(CCN2CCN(c3ccc4c(ccn4C)c3)CC2)c2ccccc21.O=C(O)/C=C/C(=O)O. The standard InChI is InChI=1S/C25H29N5O.C4H4O4/c1-19(2)30-24-7-5-4-6-23(24)29(25(30)31)17-14-27-12-15-28(16-13-27)21-8-9-22-20(18-21)10-11-26(22)3;5-3(6)1-2-4(7)8/h4-11,18H,1,12-17H2,2-3H3;1-2H,(H,5,6)(H,7,8)/b;2-1+. The summed E-state index contributed by atoms with van der Waals surface area (Å²) in [6, 6.07) is 16.9. The van der Waals surface area contributed by atoms with E-state index in [2.05, 4.69) is 58.5 Å². The number of imidazole rings is 1. The van der Waals surface area contributed by atoms with Crippen LogP contribution in [0, 0.1) is 0 Å². The number of hydrogen-bond acceptors (Lipinski definition) is 5. The van der Waals surface area contributed by atoms with Gasteiger partial charge in [-0.15, -0.1) is 0 Å². The molecule has 3 heterocycles. The Balaban J connectivity index is 0.000000386. The Kier molecular flexibility index (Phi) is 8.36. The molecule has 0 atom stereocenters. The van der Waals surface area contributed by atoms with E-state index >= 15 is 0 Å². The monoisotopic (exact) mass is 531 g/mol. The number of aryl methyl sites for hydroxylation is 1. The van der Waals surface area contributed by atoms with Gasteiger partial charge < -0.3 is 19.7 Å². The molecule has 4 aromatic rings. The summed E-state index contributed by atoms with van der Waals surface area (Å²) in [7, 11) is 2.08. The van der Waals surface area contributed by atoms with Crippen LogP contribution >= 0.6 is 0 Å². The maximum absolute atomic E-state index is 13.0. The van der Waals surface area contributed by atoms with Gasteiger partial charge in [-0.3, -0.25) is 14.0 Å². The van der Waals surface area contributed by atoms with Gasteiger partial charge in [-0.05, 0) is 43.3 Å². The van der Waals surface area contributed by atoms with Crippen molar-refractivity contribution < 1.29 is 19.8 Å². The van der Waals surface area contributed by atoms with Crippen LogP contribution in [0.25, 0.3) is 27.6 Å². The van der Waals surface area contributed by atoms with Crippen LogP contribution < -0.4 is 10.6 Å². The molecule has 39 heavy (non-hydrogen) atoms. The van der Waals surface area contributed by atoms with Gasteiger partial charge in [-0.1, -0.05) is 18.7 Å². The number of carboxylic acid groups (broad SMARTS) is 2. The van der Waals surface area contributed by atoms with Crippen molar-refractivity contribution in [1.29, 1.82) is 0 Å². The second-order valence-electron chi connectivity index (χ2n) is 9.50. The summed E-state index contributed by atoms with van der Waals surface area (Å²) in [5.41, 5.74) is 5.22. The molecular formula is C29H33N5O5. The van der Waals surface area contributed by atoms with Gasteiger partial charge in [-0.2, -0.15) is 0 Å². The number of para-hydroxylation sites is 2. The summed E-state index contributed by atoms with van der Waals surface area (Å²) in [6.07, 6.45) is 3.23. The number of piperazine rings is 1. The van der Waals surface area contributed by atoms with Crippen molar-refractivity contribution in [2.75, 3.05) is 37.6 Å². The number of aliphatic carboxylic acids is 2. The molecule has 10 heteroatoms. The van der Waals surface area contributed by atoms with E-state index in [4.69, 9.17) is 10.2 Å². The van der Waals surface area contributed by atoms with E-state index in [0.29, 0.717) is 18.7 Å². The van der Waals surface area contributed by atoms with E-state index in [0.717, 1.165) is 49.5 Å². The van der Waals surface area contributed by atoms with Crippen LogP contribution in [0.1, 0.15) is 6.92 Å².